The Morgan fingerprint density at radius 3 is 2.69 bits per heavy atom. The van der Waals surface area contributed by atoms with Crippen LogP contribution in [0.1, 0.15) is 19.5 Å². The molecule has 4 aromatic rings. The number of benzene rings is 1. The summed E-state index contributed by atoms with van der Waals surface area (Å²) in [6, 6.07) is 6.80. The molecule has 1 aromatic carbocycles. The lowest BCUT2D eigenvalue weighted by atomic mass is 10.1. The van der Waals surface area contributed by atoms with Crippen molar-refractivity contribution in [2.24, 2.45) is 0 Å². The second-order valence-electron chi connectivity index (χ2n) is 9.19. The average molecular weight is 559 g/mol. The van der Waals surface area contributed by atoms with E-state index in [0.29, 0.717) is 47.8 Å². The van der Waals surface area contributed by atoms with Crippen molar-refractivity contribution in [2.75, 3.05) is 43.3 Å². The second-order valence-corrected chi connectivity index (χ2v) is 10.8. The Morgan fingerprint density at radius 1 is 1.18 bits per heavy atom. The van der Waals surface area contributed by atoms with Crippen LogP contribution in [0.15, 0.2) is 41.6 Å². The van der Waals surface area contributed by atoms with Gasteiger partial charge in [0.05, 0.1) is 23.8 Å². The second kappa shape index (κ2) is 11.9. The summed E-state index contributed by atoms with van der Waals surface area (Å²) in [6.07, 6.45) is 1.16. The Kier molecular flexibility index (Phi) is 8.57. The van der Waals surface area contributed by atoms with Crippen LogP contribution in [0.5, 0.6) is 5.75 Å². The van der Waals surface area contributed by atoms with Crippen LogP contribution in [0, 0.1) is 12.7 Å². The molecule has 0 atom stereocenters. The molecule has 4 N–H and O–H groups in total. The molecular formula is C25H31FN8O4S. The third-order valence-corrected chi connectivity index (χ3v) is 6.95. The Morgan fingerprint density at radius 2 is 1.97 bits per heavy atom. The summed E-state index contributed by atoms with van der Waals surface area (Å²) in [5.41, 5.74) is 1.26. The van der Waals surface area contributed by atoms with Crippen LogP contribution in [0.3, 0.4) is 0 Å². The molecule has 0 aliphatic rings. The zero-order valence-corrected chi connectivity index (χ0v) is 22.9. The first-order chi connectivity index (χ1) is 18.6. The first kappa shape index (κ1) is 28.1. The van der Waals surface area contributed by atoms with Gasteiger partial charge in [-0.25, -0.2) is 19.3 Å². The van der Waals surface area contributed by atoms with Gasteiger partial charge in [-0.2, -0.15) is 13.5 Å². The van der Waals surface area contributed by atoms with Gasteiger partial charge in [0.25, 0.3) is 10.0 Å². The summed E-state index contributed by atoms with van der Waals surface area (Å²) < 4.78 is 48.6. The highest BCUT2D eigenvalue weighted by molar-refractivity contribution is 7.92. The third-order valence-electron chi connectivity index (χ3n) is 5.69. The molecule has 4 rings (SSSR count). The molecule has 0 aliphatic heterocycles. The van der Waals surface area contributed by atoms with E-state index in [4.69, 9.17) is 9.84 Å². The number of rotatable bonds is 12. The van der Waals surface area contributed by atoms with Crippen molar-refractivity contribution < 1.29 is 22.7 Å². The molecule has 0 bridgehead atoms. The standard InChI is InChI=1S/C25H31FN8O4S/c1-15(2)38-18-7-8-27-21(14-18)39(36,37)33-20-6-5-17(13-19(20)26)23-29-24(28-9-10-34(4)11-12-35)22-16(3)31-32-25(22)30-23/h5-8,13-15,33,35H,9-12H2,1-4H3,(H2,28,29,30,31,32). The van der Waals surface area contributed by atoms with E-state index in [1.807, 2.05) is 32.7 Å². The van der Waals surface area contributed by atoms with Gasteiger partial charge in [0, 0.05) is 43.2 Å². The number of likely N-dealkylation sites (N-methyl/N-ethyl adjacent to an activating group) is 1. The number of aromatic amines is 1. The summed E-state index contributed by atoms with van der Waals surface area (Å²) >= 11 is 0. The number of sulfonamides is 1. The maximum atomic E-state index is 15.1. The molecule has 12 nitrogen and oxygen atoms in total. The van der Waals surface area contributed by atoms with Crippen molar-refractivity contribution in [3.05, 3.63) is 48.0 Å². The lowest BCUT2D eigenvalue weighted by Crippen LogP contribution is -2.28. The fourth-order valence-electron chi connectivity index (χ4n) is 3.79. The van der Waals surface area contributed by atoms with Crippen LogP contribution < -0.4 is 14.8 Å². The minimum absolute atomic E-state index is 0.0619. The van der Waals surface area contributed by atoms with E-state index in [1.165, 1.54) is 24.4 Å². The minimum atomic E-state index is -4.18. The molecule has 0 unspecified atom stereocenters. The molecule has 0 radical (unpaired) electrons. The number of halogens is 1. The minimum Gasteiger partial charge on any atom is -0.491 e. The first-order valence-electron chi connectivity index (χ1n) is 12.3. The molecular weight excluding hydrogens is 527 g/mol. The van der Waals surface area contributed by atoms with E-state index in [9.17, 15) is 8.42 Å². The SMILES string of the molecule is Cc1[nH]nc2nc(-c3ccc(NS(=O)(=O)c4cc(OC(C)C)ccn4)c(F)c3)nc(NCCN(C)CCO)c12. The monoisotopic (exact) mass is 558 g/mol. The zero-order chi connectivity index (χ0) is 28.2. The number of aliphatic hydroxyl groups excluding tert-OH is 1. The van der Waals surface area contributed by atoms with Crippen molar-refractivity contribution in [3.63, 3.8) is 0 Å². The van der Waals surface area contributed by atoms with Crippen molar-refractivity contribution in [2.45, 2.75) is 31.9 Å². The molecule has 14 heteroatoms. The molecule has 3 aromatic heterocycles. The number of hydrogen-bond acceptors (Lipinski definition) is 10. The van der Waals surface area contributed by atoms with Gasteiger partial charge in [0.15, 0.2) is 16.5 Å². The molecule has 0 fully saturated rings. The largest absolute Gasteiger partial charge is 0.491 e. The van der Waals surface area contributed by atoms with Crippen molar-refractivity contribution >= 4 is 32.6 Å². The van der Waals surface area contributed by atoms with Crippen molar-refractivity contribution in [1.82, 2.24) is 30.0 Å². The van der Waals surface area contributed by atoms with Gasteiger partial charge in [-0.15, -0.1) is 0 Å². The van der Waals surface area contributed by atoms with Gasteiger partial charge in [-0.1, -0.05) is 0 Å². The number of anilines is 2. The number of H-pyrrole nitrogens is 1. The molecule has 3 heterocycles. The highest BCUT2D eigenvalue weighted by atomic mass is 32.2. The van der Waals surface area contributed by atoms with Gasteiger partial charge >= 0.3 is 0 Å². The maximum Gasteiger partial charge on any atom is 0.279 e. The van der Waals surface area contributed by atoms with Gasteiger partial charge in [-0.05, 0) is 52.1 Å². The smallest absolute Gasteiger partial charge is 0.279 e. The number of aromatic nitrogens is 5. The lowest BCUT2D eigenvalue weighted by Gasteiger charge is -2.16. The number of ether oxygens (including phenoxy) is 1. The third kappa shape index (κ3) is 6.77. The van der Waals surface area contributed by atoms with E-state index in [2.05, 4.69) is 35.2 Å². The Hall–Kier alpha value is -3.88. The normalized spacial score (nSPS) is 11.9. The number of aryl methyl sites for hydroxylation is 1. The summed E-state index contributed by atoms with van der Waals surface area (Å²) in [5, 5.41) is 19.9. The van der Waals surface area contributed by atoms with Crippen LogP contribution in [-0.2, 0) is 10.0 Å². The zero-order valence-electron chi connectivity index (χ0n) is 22.1. The first-order valence-corrected chi connectivity index (χ1v) is 13.8. The number of hydrogen-bond donors (Lipinski definition) is 4. The highest BCUT2D eigenvalue weighted by Crippen LogP contribution is 2.29. The Labute approximate surface area is 225 Å². The summed E-state index contributed by atoms with van der Waals surface area (Å²) in [6.45, 7) is 7.28. The number of nitrogens with zero attached hydrogens (tertiary/aromatic N) is 5. The number of aliphatic hydroxyl groups is 1. The van der Waals surface area contributed by atoms with Crippen LogP contribution in [-0.4, -0.2) is 83.0 Å². The molecule has 0 amide bonds. The van der Waals surface area contributed by atoms with Crippen LogP contribution in [0.25, 0.3) is 22.4 Å². The fourth-order valence-corrected chi connectivity index (χ4v) is 4.82. The number of nitrogens with one attached hydrogen (secondary N) is 3. The topological polar surface area (TPSA) is 158 Å². The summed E-state index contributed by atoms with van der Waals surface area (Å²) in [7, 11) is -2.29. The van der Waals surface area contributed by atoms with E-state index in [0.717, 1.165) is 11.8 Å². The van der Waals surface area contributed by atoms with Gasteiger partial charge in [0.1, 0.15) is 17.4 Å². The Bertz CT molecular complexity index is 1560. The van der Waals surface area contributed by atoms with Gasteiger partial charge < -0.3 is 20.1 Å². The lowest BCUT2D eigenvalue weighted by molar-refractivity contribution is 0.225. The number of fused-ring (bicyclic) bond motifs is 1. The summed E-state index contributed by atoms with van der Waals surface area (Å²) in [5.74, 6) is 0.265. The molecule has 0 saturated carbocycles. The van der Waals surface area contributed by atoms with E-state index >= 15 is 4.39 Å². The highest BCUT2D eigenvalue weighted by Gasteiger charge is 2.20. The van der Waals surface area contributed by atoms with Crippen LogP contribution in [0.4, 0.5) is 15.9 Å². The molecule has 0 saturated heterocycles. The molecule has 0 aliphatic carbocycles. The van der Waals surface area contributed by atoms with Crippen molar-refractivity contribution in [3.8, 4) is 17.1 Å². The molecule has 39 heavy (non-hydrogen) atoms. The predicted molar refractivity (Wildman–Crippen MR) is 146 cm³/mol. The molecule has 208 valence electrons. The number of pyridine rings is 1. The van der Waals surface area contributed by atoms with Crippen LogP contribution in [0.2, 0.25) is 0 Å². The van der Waals surface area contributed by atoms with E-state index < -0.39 is 15.8 Å². The molecule has 0 spiro atoms. The quantitative estimate of drug-likeness (QED) is 0.204. The van der Waals surface area contributed by atoms with E-state index in [1.54, 1.807) is 6.07 Å². The van der Waals surface area contributed by atoms with Gasteiger partial charge in [-0.3, -0.25) is 9.82 Å². The Balaban J connectivity index is 1.58. The fraction of sp³-hybridized carbons (Fsp3) is 0.360. The van der Waals surface area contributed by atoms with Crippen molar-refractivity contribution in [1.29, 1.82) is 0 Å². The van der Waals surface area contributed by atoms with E-state index in [-0.39, 0.29) is 29.2 Å². The summed E-state index contributed by atoms with van der Waals surface area (Å²) in [4.78, 5) is 14.9. The van der Waals surface area contributed by atoms with Crippen LogP contribution >= 0.6 is 0 Å². The predicted octanol–water partition coefficient (Wildman–Crippen LogP) is 2.79. The average Bonchev–Trinajstić information content (AvgIpc) is 3.26. The van der Waals surface area contributed by atoms with Gasteiger partial charge in [0.2, 0.25) is 0 Å². The maximum absolute atomic E-state index is 15.1.